The Hall–Kier alpha value is -2.93. The van der Waals surface area contributed by atoms with Gasteiger partial charge in [-0.15, -0.1) is 10.2 Å². The van der Waals surface area contributed by atoms with Crippen LogP contribution in [0.2, 0.25) is 0 Å². The van der Waals surface area contributed by atoms with E-state index in [-0.39, 0.29) is 0 Å². The Morgan fingerprint density at radius 1 is 1.08 bits per heavy atom. The number of aromatic nitrogens is 5. The van der Waals surface area contributed by atoms with Gasteiger partial charge in [-0.3, -0.25) is 0 Å². The average molecular weight is 349 g/mol. The maximum atomic E-state index is 5.35. The Morgan fingerprint density at radius 3 is 2.72 bits per heavy atom. The zero-order valence-corrected chi connectivity index (χ0v) is 14.3. The van der Waals surface area contributed by atoms with Crippen molar-refractivity contribution in [2.24, 2.45) is 0 Å². The van der Waals surface area contributed by atoms with E-state index in [1.165, 1.54) is 0 Å². The van der Waals surface area contributed by atoms with Crippen LogP contribution in [0.1, 0.15) is 5.82 Å². The van der Waals surface area contributed by atoms with Gasteiger partial charge in [-0.05, 0) is 29.3 Å². The molecule has 0 atom stereocenters. The summed E-state index contributed by atoms with van der Waals surface area (Å²) in [4.78, 5) is 4.77. The van der Waals surface area contributed by atoms with E-state index < -0.39 is 0 Å². The van der Waals surface area contributed by atoms with Crippen LogP contribution in [-0.2, 0) is 5.75 Å². The third-order valence-electron chi connectivity index (χ3n) is 3.82. The lowest BCUT2D eigenvalue weighted by molar-refractivity contribution is 0.415. The van der Waals surface area contributed by atoms with E-state index in [0.717, 1.165) is 32.8 Å². The topological polar surface area (TPSA) is 76.6 Å². The molecule has 0 saturated carbocycles. The van der Waals surface area contributed by atoms with Crippen molar-refractivity contribution in [3.63, 3.8) is 0 Å². The molecule has 2 aromatic carbocycles. The summed E-state index contributed by atoms with van der Waals surface area (Å²) in [6.07, 6.45) is 0. The molecule has 0 fully saturated rings. The summed E-state index contributed by atoms with van der Waals surface area (Å²) in [6, 6.07) is 18.4. The van der Waals surface area contributed by atoms with Gasteiger partial charge in [-0.25, -0.2) is 4.98 Å². The van der Waals surface area contributed by atoms with Gasteiger partial charge in [-0.1, -0.05) is 47.3 Å². The number of aromatic amines is 1. The lowest BCUT2D eigenvalue weighted by Crippen LogP contribution is -1.91. The second kappa shape index (κ2) is 6.90. The van der Waals surface area contributed by atoms with E-state index in [1.54, 1.807) is 18.9 Å². The minimum absolute atomic E-state index is 0.604. The summed E-state index contributed by atoms with van der Waals surface area (Å²) in [5, 5.41) is 16.0. The van der Waals surface area contributed by atoms with Crippen LogP contribution in [0.15, 0.2) is 59.6 Å². The molecule has 0 spiro atoms. The lowest BCUT2D eigenvalue weighted by atomic mass is 10.0. The standard InChI is InChI=1S/C18H15N5OS/c1-24-13-7-8-14-15(12-5-3-2-4-6-12)10-18(19-16(14)9-13)25-11-17-20-22-23-21-17/h2-10H,11H2,1H3,(H,20,21,22,23). The molecule has 2 heterocycles. The van der Waals surface area contributed by atoms with Crippen molar-refractivity contribution >= 4 is 22.7 Å². The third-order valence-corrected chi connectivity index (χ3v) is 4.72. The van der Waals surface area contributed by atoms with Crippen LogP contribution >= 0.6 is 11.8 Å². The lowest BCUT2D eigenvalue weighted by Gasteiger charge is -2.10. The van der Waals surface area contributed by atoms with Crippen molar-refractivity contribution in [2.75, 3.05) is 7.11 Å². The number of ether oxygens (including phenoxy) is 1. The molecule has 0 unspecified atom stereocenters. The molecular weight excluding hydrogens is 334 g/mol. The summed E-state index contributed by atoms with van der Waals surface area (Å²) in [5.74, 6) is 2.05. The summed E-state index contributed by atoms with van der Waals surface area (Å²) in [5.41, 5.74) is 3.20. The highest BCUT2D eigenvalue weighted by Gasteiger charge is 2.10. The largest absolute Gasteiger partial charge is 0.497 e. The first-order chi connectivity index (χ1) is 12.3. The summed E-state index contributed by atoms with van der Waals surface area (Å²) in [7, 11) is 1.66. The van der Waals surface area contributed by atoms with Crippen LogP contribution in [0.25, 0.3) is 22.0 Å². The van der Waals surface area contributed by atoms with Gasteiger partial charge in [0.25, 0.3) is 0 Å². The van der Waals surface area contributed by atoms with Gasteiger partial charge in [0.2, 0.25) is 0 Å². The zero-order valence-electron chi connectivity index (χ0n) is 13.5. The molecule has 4 rings (SSSR count). The minimum Gasteiger partial charge on any atom is -0.497 e. The van der Waals surface area contributed by atoms with Gasteiger partial charge >= 0.3 is 0 Å². The minimum atomic E-state index is 0.604. The number of nitrogens with one attached hydrogen (secondary N) is 1. The van der Waals surface area contributed by atoms with Crippen molar-refractivity contribution in [3.05, 3.63) is 60.4 Å². The Labute approximate surface area is 148 Å². The van der Waals surface area contributed by atoms with E-state index in [0.29, 0.717) is 11.6 Å². The molecule has 4 aromatic rings. The molecule has 7 heteroatoms. The Kier molecular flexibility index (Phi) is 4.30. The van der Waals surface area contributed by atoms with Crippen LogP contribution in [0.3, 0.4) is 0 Å². The van der Waals surface area contributed by atoms with Crippen LogP contribution in [-0.4, -0.2) is 32.7 Å². The van der Waals surface area contributed by atoms with Gasteiger partial charge < -0.3 is 4.74 Å². The monoisotopic (exact) mass is 349 g/mol. The highest BCUT2D eigenvalue weighted by atomic mass is 32.2. The van der Waals surface area contributed by atoms with Crippen molar-refractivity contribution in [1.82, 2.24) is 25.6 Å². The second-order valence-electron chi connectivity index (χ2n) is 5.37. The van der Waals surface area contributed by atoms with Crippen molar-refractivity contribution in [3.8, 4) is 16.9 Å². The fourth-order valence-electron chi connectivity index (χ4n) is 2.62. The van der Waals surface area contributed by atoms with Gasteiger partial charge in [0, 0.05) is 11.5 Å². The number of tetrazole rings is 1. The van der Waals surface area contributed by atoms with Gasteiger partial charge in [-0.2, -0.15) is 5.21 Å². The number of methoxy groups -OCH3 is 1. The first kappa shape index (κ1) is 15.6. The molecule has 0 bridgehead atoms. The summed E-state index contributed by atoms with van der Waals surface area (Å²) in [6.45, 7) is 0. The van der Waals surface area contributed by atoms with Gasteiger partial charge in [0.05, 0.1) is 23.4 Å². The first-order valence-corrected chi connectivity index (χ1v) is 8.71. The molecule has 25 heavy (non-hydrogen) atoms. The van der Waals surface area contributed by atoms with Crippen LogP contribution in [0.4, 0.5) is 0 Å². The molecule has 6 nitrogen and oxygen atoms in total. The maximum absolute atomic E-state index is 5.35. The van der Waals surface area contributed by atoms with Crippen LogP contribution in [0, 0.1) is 0 Å². The highest BCUT2D eigenvalue weighted by Crippen LogP contribution is 2.33. The molecule has 0 aliphatic rings. The highest BCUT2D eigenvalue weighted by molar-refractivity contribution is 7.98. The van der Waals surface area contributed by atoms with E-state index in [4.69, 9.17) is 9.72 Å². The van der Waals surface area contributed by atoms with Crippen LogP contribution in [0.5, 0.6) is 5.75 Å². The molecule has 0 saturated heterocycles. The van der Waals surface area contributed by atoms with E-state index in [9.17, 15) is 0 Å². The van der Waals surface area contributed by atoms with E-state index in [1.807, 2.05) is 30.3 Å². The molecule has 124 valence electrons. The Bertz CT molecular complexity index is 989. The normalized spacial score (nSPS) is 10.9. The fraction of sp³-hybridized carbons (Fsp3) is 0.111. The number of pyridine rings is 1. The van der Waals surface area contributed by atoms with Gasteiger partial charge in [0.15, 0.2) is 5.82 Å². The maximum Gasteiger partial charge on any atom is 0.184 e. The molecule has 0 aliphatic heterocycles. The molecule has 1 N–H and O–H groups in total. The Balaban J connectivity index is 1.80. The zero-order chi connectivity index (χ0) is 17.1. The van der Waals surface area contributed by atoms with Crippen molar-refractivity contribution in [2.45, 2.75) is 10.8 Å². The van der Waals surface area contributed by atoms with Crippen molar-refractivity contribution < 1.29 is 4.74 Å². The quantitative estimate of drug-likeness (QED) is 0.554. The number of H-pyrrole nitrogens is 1. The van der Waals surface area contributed by atoms with E-state index >= 15 is 0 Å². The van der Waals surface area contributed by atoms with Crippen molar-refractivity contribution in [1.29, 1.82) is 0 Å². The molecule has 0 radical (unpaired) electrons. The molecule has 2 aromatic heterocycles. The smallest absolute Gasteiger partial charge is 0.184 e. The number of rotatable bonds is 5. The SMILES string of the molecule is COc1ccc2c(-c3ccccc3)cc(SCc3nn[nH]n3)nc2c1. The number of thioether (sulfide) groups is 1. The van der Waals surface area contributed by atoms with E-state index in [2.05, 4.69) is 44.9 Å². The number of hydrogen-bond acceptors (Lipinski definition) is 6. The number of benzene rings is 2. The predicted molar refractivity (Wildman–Crippen MR) is 97.5 cm³/mol. The number of hydrogen-bond donors (Lipinski definition) is 1. The number of nitrogens with zero attached hydrogens (tertiary/aromatic N) is 4. The summed E-state index contributed by atoms with van der Waals surface area (Å²) >= 11 is 1.58. The van der Waals surface area contributed by atoms with Gasteiger partial charge in [0.1, 0.15) is 5.75 Å². The molecule has 0 amide bonds. The number of fused-ring (bicyclic) bond motifs is 1. The fourth-order valence-corrected chi connectivity index (χ4v) is 3.39. The predicted octanol–water partition coefficient (Wildman–Crippen LogP) is 3.72. The second-order valence-corrected chi connectivity index (χ2v) is 6.37. The Morgan fingerprint density at radius 2 is 1.96 bits per heavy atom. The summed E-state index contributed by atoms with van der Waals surface area (Å²) < 4.78 is 5.35. The van der Waals surface area contributed by atoms with Crippen LogP contribution < -0.4 is 4.74 Å². The molecular formula is C18H15N5OS. The first-order valence-electron chi connectivity index (χ1n) is 7.73. The molecule has 0 aliphatic carbocycles. The third kappa shape index (κ3) is 3.32. The average Bonchev–Trinajstić information content (AvgIpc) is 3.19.